The van der Waals surface area contributed by atoms with Crippen molar-refractivity contribution in [2.75, 3.05) is 6.61 Å². The van der Waals surface area contributed by atoms with E-state index in [9.17, 15) is 18.0 Å². The third kappa shape index (κ3) is 4.22. The maximum absolute atomic E-state index is 12.4. The van der Waals surface area contributed by atoms with E-state index in [4.69, 9.17) is 4.74 Å². The molecule has 29 heavy (non-hydrogen) atoms. The summed E-state index contributed by atoms with van der Waals surface area (Å²) in [6.45, 7) is 6.79. The highest BCUT2D eigenvalue weighted by atomic mass is 32.2. The number of carbonyl (C=O) groups is 2. The fraction of sp³-hybridized carbons (Fsp3) is 0.286. The van der Waals surface area contributed by atoms with Crippen LogP contribution in [0, 0.1) is 20.8 Å². The molecule has 1 heterocycles. The van der Waals surface area contributed by atoms with Gasteiger partial charge in [-0.1, -0.05) is 18.2 Å². The van der Waals surface area contributed by atoms with Crippen LogP contribution in [-0.2, 0) is 19.6 Å². The number of hydrogen-bond donors (Lipinski definition) is 1. The zero-order valence-corrected chi connectivity index (χ0v) is 17.5. The molecule has 2 aromatic carbocycles. The number of carbonyl (C=O) groups excluding carboxylic acids is 2. The van der Waals surface area contributed by atoms with Gasteiger partial charge in [0.05, 0.1) is 4.90 Å². The molecule has 8 heteroatoms. The molecular weight excluding hydrogens is 392 g/mol. The van der Waals surface area contributed by atoms with Crippen molar-refractivity contribution in [3.05, 3.63) is 64.2 Å². The van der Waals surface area contributed by atoms with Crippen molar-refractivity contribution in [2.24, 2.45) is 4.99 Å². The Balaban J connectivity index is 1.70. The number of Topliss-reactive ketones (excluding diaryl/α,β-unsaturated/α-hetero) is 1. The molecule has 1 atom stereocenters. The molecule has 0 bridgehead atoms. The summed E-state index contributed by atoms with van der Waals surface area (Å²) in [5.41, 5.74) is 3.79. The Labute approximate surface area is 169 Å². The average molecular weight is 414 g/mol. The number of aliphatic imine (C=N–C) groups is 1. The van der Waals surface area contributed by atoms with Crippen LogP contribution in [0.4, 0.5) is 0 Å². The molecule has 1 aliphatic rings. The minimum Gasteiger partial charge on any atom is -0.456 e. The zero-order valence-electron chi connectivity index (χ0n) is 16.6. The number of rotatable bonds is 5. The van der Waals surface area contributed by atoms with Crippen molar-refractivity contribution in [1.82, 2.24) is 4.72 Å². The number of sulfonamides is 1. The molecule has 0 aliphatic carbocycles. The molecule has 0 amide bonds. The molecule has 2 aromatic rings. The molecule has 0 fully saturated rings. The van der Waals surface area contributed by atoms with Gasteiger partial charge in [-0.05, 0) is 62.6 Å². The van der Waals surface area contributed by atoms with Crippen LogP contribution in [0.5, 0.6) is 0 Å². The summed E-state index contributed by atoms with van der Waals surface area (Å²) < 4.78 is 31.7. The number of nitrogens with one attached hydrogen (secondary N) is 1. The molecule has 3 rings (SSSR count). The highest BCUT2D eigenvalue weighted by Crippen LogP contribution is 2.22. The maximum atomic E-state index is 12.4. The van der Waals surface area contributed by atoms with Crippen LogP contribution in [0.3, 0.4) is 0 Å². The van der Waals surface area contributed by atoms with Gasteiger partial charge in [-0.3, -0.25) is 14.5 Å². The molecule has 7 nitrogen and oxygen atoms in total. The number of aryl methyl sites for hydroxylation is 3. The Hall–Kier alpha value is -3.00. The van der Waals surface area contributed by atoms with Gasteiger partial charge >= 0.3 is 5.97 Å². The van der Waals surface area contributed by atoms with E-state index in [-0.39, 0.29) is 16.5 Å². The first-order valence-electron chi connectivity index (χ1n) is 9.08. The standard InChI is InChI=1S/C21H22N2O5S/c1-12-9-14(3)17(10-13(12)2)18(24)11-28-21(25)15(4)22-20-16-7-5-6-8-19(16)29(26,27)23-20/h5-10,15H,11H2,1-4H3,(H,22,23). The highest BCUT2D eigenvalue weighted by molar-refractivity contribution is 7.90. The molecule has 0 spiro atoms. The van der Waals surface area contributed by atoms with Crippen molar-refractivity contribution >= 4 is 27.6 Å². The molecule has 0 radical (unpaired) electrons. The van der Waals surface area contributed by atoms with Crippen LogP contribution in [0.25, 0.3) is 0 Å². The van der Waals surface area contributed by atoms with Gasteiger partial charge in [0, 0.05) is 11.1 Å². The van der Waals surface area contributed by atoms with Crippen molar-refractivity contribution in [3.8, 4) is 0 Å². The van der Waals surface area contributed by atoms with Gasteiger partial charge in [0.25, 0.3) is 10.0 Å². The van der Waals surface area contributed by atoms with E-state index >= 15 is 0 Å². The Morgan fingerprint density at radius 2 is 1.72 bits per heavy atom. The Morgan fingerprint density at radius 3 is 2.45 bits per heavy atom. The third-order valence-corrected chi connectivity index (χ3v) is 6.21. The number of ether oxygens (including phenoxy) is 1. The van der Waals surface area contributed by atoms with Crippen LogP contribution < -0.4 is 4.72 Å². The Bertz CT molecular complexity index is 1140. The number of esters is 1. The van der Waals surface area contributed by atoms with E-state index in [1.54, 1.807) is 24.3 Å². The summed E-state index contributed by atoms with van der Waals surface area (Å²) in [6, 6.07) is 9.09. The van der Waals surface area contributed by atoms with Crippen LogP contribution in [0.2, 0.25) is 0 Å². The fourth-order valence-electron chi connectivity index (χ4n) is 3.07. The summed E-state index contributed by atoms with van der Waals surface area (Å²) in [4.78, 5) is 29.0. The SMILES string of the molecule is Cc1cc(C)c(C(=O)COC(=O)C(C)N=C2NS(=O)(=O)c3ccccc32)cc1C. The summed E-state index contributed by atoms with van der Waals surface area (Å²) >= 11 is 0. The van der Waals surface area contributed by atoms with Gasteiger partial charge in [-0.15, -0.1) is 0 Å². The van der Waals surface area contributed by atoms with Crippen LogP contribution in [0.15, 0.2) is 46.3 Å². The molecule has 1 N–H and O–H groups in total. The second-order valence-electron chi connectivity index (χ2n) is 7.04. The molecule has 0 saturated carbocycles. The van der Waals surface area contributed by atoms with Gasteiger partial charge in [-0.2, -0.15) is 0 Å². The largest absolute Gasteiger partial charge is 0.456 e. The minimum atomic E-state index is -3.69. The smallest absolute Gasteiger partial charge is 0.331 e. The molecule has 1 unspecified atom stereocenters. The predicted molar refractivity (Wildman–Crippen MR) is 109 cm³/mol. The summed E-state index contributed by atoms with van der Waals surface area (Å²) in [5, 5.41) is 0. The molecule has 152 valence electrons. The van der Waals surface area contributed by atoms with E-state index in [0.717, 1.165) is 16.7 Å². The molecular formula is C21H22N2O5S. The number of ketones is 1. The third-order valence-electron chi connectivity index (χ3n) is 4.81. The lowest BCUT2D eigenvalue weighted by molar-refractivity contribution is -0.143. The van der Waals surface area contributed by atoms with Crippen molar-refractivity contribution in [3.63, 3.8) is 0 Å². The van der Waals surface area contributed by atoms with Crippen LogP contribution in [0.1, 0.15) is 39.5 Å². The topological polar surface area (TPSA) is 102 Å². The van der Waals surface area contributed by atoms with Crippen molar-refractivity contribution in [2.45, 2.75) is 38.6 Å². The number of hydrogen-bond acceptors (Lipinski definition) is 6. The van der Waals surface area contributed by atoms with Gasteiger partial charge < -0.3 is 4.74 Å². The normalized spacial score (nSPS) is 16.8. The van der Waals surface area contributed by atoms with E-state index in [2.05, 4.69) is 9.71 Å². The number of amidine groups is 1. The van der Waals surface area contributed by atoms with E-state index in [0.29, 0.717) is 11.1 Å². The second kappa shape index (κ2) is 7.79. The van der Waals surface area contributed by atoms with Gasteiger partial charge in [0.2, 0.25) is 5.78 Å². The first-order chi connectivity index (χ1) is 13.6. The van der Waals surface area contributed by atoms with E-state index < -0.39 is 28.6 Å². The quantitative estimate of drug-likeness (QED) is 0.598. The molecule has 0 saturated heterocycles. The summed E-state index contributed by atoms with van der Waals surface area (Å²) in [5.74, 6) is -0.928. The van der Waals surface area contributed by atoms with Crippen LogP contribution >= 0.6 is 0 Å². The predicted octanol–water partition coefficient (Wildman–Crippen LogP) is 2.46. The Morgan fingerprint density at radius 1 is 1.07 bits per heavy atom. The van der Waals surface area contributed by atoms with E-state index in [1.165, 1.54) is 13.0 Å². The Kier molecular flexibility index (Phi) is 5.57. The highest BCUT2D eigenvalue weighted by Gasteiger charge is 2.31. The lowest BCUT2D eigenvalue weighted by Gasteiger charge is -2.11. The number of fused-ring (bicyclic) bond motifs is 1. The lowest BCUT2D eigenvalue weighted by Crippen LogP contribution is -2.27. The molecule has 1 aliphatic heterocycles. The van der Waals surface area contributed by atoms with Gasteiger partial charge in [-0.25, -0.2) is 13.2 Å². The van der Waals surface area contributed by atoms with Gasteiger partial charge in [0.1, 0.15) is 11.9 Å². The van der Waals surface area contributed by atoms with Crippen LogP contribution in [-0.4, -0.2) is 38.7 Å². The maximum Gasteiger partial charge on any atom is 0.331 e. The summed E-state index contributed by atoms with van der Waals surface area (Å²) in [7, 11) is -3.69. The minimum absolute atomic E-state index is 0.0846. The van der Waals surface area contributed by atoms with E-state index in [1.807, 2.05) is 26.8 Å². The first kappa shape index (κ1) is 20.7. The van der Waals surface area contributed by atoms with Crippen molar-refractivity contribution < 1.29 is 22.7 Å². The molecule has 0 aromatic heterocycles. The number of nitrogens with zero attached hydrogens (tertiary/aromatic N) is 1. The van der Waals surface area contributed by atoms with Gasteiger partial charge in [0.15, 0.2) is 6.61 Å². The zero-order chi connectivity index (χ0) is 21.3. The second-order valence-corrected chi connectivity index (χ2v) is 8.69. The monoisotopic (exact) mass is 414 g/mol. The first-order valence-corrected chi connectivity index (χ1v) is 10.6. The fourth-order valence-corrected chi connectivity index (χ4v) is 4.31. The number of benzene rings is 2. The summed E-state index contributed by atoms with van der Waals surface area (Å²) in [6.07, 6.45) is 0. The lowest BCUT2D eigenvalue weighted by atomic mass is 9.98. The average Bonchev–Trinajstić information content (AvgIpc) is 2.93. The van der Waals surface area contributed by atoms with Crippen molar-refractivity contribution in [1.29, 1.82) is 0 Å².